The Morgan fingerprint density at radius 3 is 2.33 bits per heavy atom. The second kappa shape index (κ2) is 9.45. The molecule has 5 atom stereocenters. The van der Waals surface area contributed by atoms with Gasteiger partial charge >= 0.3 is 12.1 Å². The molecular weight excluding hydrogens is 517 g/mol. The zero-order chi connectivity index (χ0) is 29.1. The average molecular weight is 549 g/mol. The van der Waals surface area contributed by atoms with Crippen LogP contribution in [-0.2, 0) is 19.2 Å². The third-order valence-electron chi connectivity index (χ3n) is 7.87. The molecule has 4 N–H and O–H groups in total. The molecule has 1 unspecified atom stereocenters. The highest BCUT2D eigenvalue weighted by Gasteiger charge is 2.70. The Balaban J connectivity index is 1.66. The molecule has 1 aliphatic heterocycles. The molecule has 4 amide bonds. The fraction of sp³-hybridized carbons (Fsp3) is 0.538. The quantitative estimate of drug-likeness (QED) is 0.502. The molecule has 0 radical (unpaired) electrons. The first-order valence-electron chi connectivity index (χ1n) is 12.4. The number of rotatable bonds is 6. The second-order valence-electron chi connectivity index (χ2n) is 11.8. The lowest BCUT2D eigenvalue weighted by molar-refractivity contribution is -0.176. The number of aromatic nitrogens is 2. The number of nitrogens with zero attached hydrogens (tertiary/aromatic N) is 3. The Bertz CT molecular complexity index is 1330. The molecule has 0 bridgehead atoms. The van der Waals surface area contributed by atoms with E-state index in [2.05, 4.69) is 15.5 Å². The molecule has 2 fully saturated rings. The predicted molar refractivity (Wildman–Crippen MR) is 133 cm³/mol. The molecule has 1 aromatic carbocycles. The molecular formula is C26H31F3N6O4. The minimum atomic E-state index is -5.19. The maximum Gasteiger partial charge on any atom is 0.471 e. The zero-order valence-corrected chi connectivity index (χ0v) is 22.2. The summed E-state index contributed by atoms with van der Waals surface area (Å²) in [5.41, 5.74) is 5.04. The van der Waals surface area contributed by atoms with Crippen molar-refractivity contribution >= 4 is 34.5 Å². The fourth-order valence-corrected chi connectivity index (χ4v) is 5.63. The standard InChI is InChI=1S/C26H31F3N6O4/c1-24(2,3)19(33-23(39)26(27,28)29)22(38)35-11-14-16(25(14,4)5)18(35)21(37)32-17(20(30)36)13-10-31-34-15-9-7-6-8-12(13)15/h6-10,14,16-19H,11H2,1-5H3,(H2,30,36)(H,32,37)(H,33,39)/t14-,16-,17?,18-,19+/m0/s1. The van der Waals surface area contributed by atoms with E-state index in [1.165, 1.54) is 31.9 Å². The number of alkyl halides is 3. The lowest BCUT2D eigenvalue weighted by Crippen LogP contribution is -2.61. The van der Waals surface area contributed by atoms with E-state index in [1.54, 1.807) is 24.3 Å². The van der Waals surface area contributed by atoms with Crippen LogP contribution in [0.4, 0.5) is 13.2 Å². The Hall–Kier alpha value is -3.77. The van der Waals surface area contributed by atoms with Crippen LogP contribution in [0.2, 0.25) is 0 Å². The summed E-state index contributed by atoms with van der Waals surface area (Å²) in [4.78, 5) is 52.9. The van der Waals surface area contributed by atoms with E-state index in [0.29, 0.717) is 16.5 Å². The summed E-state index contributed by atoms with van der Waals surface area (Å²) in [6.45, 7) is 8.54. The number of carbonyl (C=O) groups excluding carboxylic acids is 4. The molecule has 4 rings (SSSR count). The Morgan fingerprint density at radius 1 is 1.10 bits per heavy atom. The Kier molecular flexibility index (Phi) is 6.85. The number of piperidine rings is 1. The van der Waals surface area contributed by atoms with Crippen molar-refractivity contribution in [3.05, 3.63) is 36.0 Å². The van der Waals surface area contributed by atoms with Gasteiger partial charge in [0.15, 0.2) is 0 Å². The van der Waals surface area contributed by atoms with Gasteiger partial charge in [0.25, 0.3) is 0 Å². The van der Waals surface area contributed by atoms with E-state index in [-0.39, 0.29) is 23.8 Å². The molecule has 1 aromatic heterocycles. The summed E-state index contributed by atoms with van der Waals surface area (Å²) in [5, 5.41) is 12.9. The summed E-state index contributed by atoms with van der Waals surface area (Å²) in [5.74, 6) is -5.00. The van der Waals surface area contributed by atoms with Crippen molar-refractivity contribution in [2.24, 2.45) is 28.4 Å². The van der Waals surface area contributed by atoms with E-state index >= 15 is 0 Å². The van der Waals surface area contributed by atoms with Gasteiger partial charge in [-0.3, -0.25) is 19.2 Å². The van der Waals surface area contributed by atoms with E-state index in [0.717, 1.165) is 0 Å². The largest absolute Gasteiger partial charge is 0.471 e. The van der Waals surface area contributed by atoms with Crippen LogP contribution in [0.15, 0.2) is 30.5 Å². The number of fused-ring (bicyclic) bond motifs is 2. The highest BCUT2D eigenvalue weighted by molar-refractivity contribution is 5.97. The van der Waals surface area contributed by atoms with Gasteiger partial charge < -0.3 is 21.3 Å². The van der Waals surface area contributed by atoms with Crippen molar-refractivity contribution in [3.63, 3.8) is 0 Å². The molecule has 2 aliphatic rings. The summed E-state index contributed by atoms with van der Waals surface area (Å²) < 4.78 is 39.2. The summed E-state index contributed by atoms with van der Waals surface area (Å²) >= 11 is 0. The fourth-order valence-electron chi connectivity index (χ4n) is 5.63. The Labute approximate surface area is 222 Å². The number of nitrogens with two attached hydrogens (primary N) is 1. The number of primary amides is 1. The molecule has 1 saturated carbocycles. The smallest absolute Gasteiger partial charge is 0.368 e. The number of carbonyl (C=O) groups is 4. The van der Waals surface area contributed by atoms with Gasteiger partial charge in [-0.25, -0.2) is 0 Å². The van der Waals surface area contributed by atoms with E-state index in [1.807, 2.05) is 19.2 Å². The van der Waals surface area contributed by atoms with Crippen LogP contribution in [0.3, 0.4) is 0 Å². The van der Waals surface area contributed by atoms with Crippen LogP contribution in [-0.4, -0.2) is 63.5 Å². The number of hydrogen-bond acceptors (Lipinski definition) is 6. The van der Waals surface area contributed by atoms with Crippen LogP contribution in [0, 0.1) is 22.7 Å². The highest BCUT2D eigenvalue weighted by Crippen LogP contribution is 2.65. The van der Waals surface area contributed by atoms with Crippen LogP contribution in [0.25, 0.3) is 10.9 Å². The van der Waals surface area contributed by atoms with Crippen LogP contribution in [0.5, 0.6) is 0 Å². The predicted octanol–water partition coefficient (Wildman–Crippen LogP) is 1.85. The first-order chi connectivity index (χ1) is 18.0. The summed E-state index contributed by atoms with van der Waals surface area (Å²) in [6.07, 6.45) is -3.87. The molecule has 2 heterocycles. The van der Waals surface area contributed by atoms with Gasteiger partial charge in [0.1, 0.15) is 18.1 Å². The molecule has 0 spiro atoms. The van der Waals surface area contributed by atoms with Crippen LogP contribution >= 0.6 is 0 Å². The first kappa shape index (κ1) is 28.2. The molecule has 13 heteroatoms. The van der Waals surface area contributed by atoms with E-state index < -0.39 is 53.3 Å². The third-order valence-corrected chi connectivity index (χ3v) is 7.87. The van der Waals surface area contributed by atoms with Gasteiger partial charge in [0.05, 0.1) is 11.7 Å². The van der Waals surface area contributed by atoms with Crippen LogP contribution < -0.4 is 16.4 Å². The maximum atomic E-state index is 13.7. The molecule has 1 saturated heterocycles. The Morgan fingerprint density at radius 2 is 1.74 bits per heavy atom. The van der Waals surface area contributed by atoms with Crippen molar-refractivity contribution in [2.75, 3.05) is 6.54 Å². The van der Waals surface area contributed by atoms with Crippen molar-refractivity contribution in [3.8, 4) is 0 Å². The highest BCUT2D eigenvalue weighted by atomic mass is 19.4. The van der Waals surface area contributed by atoms with E-state index in [9.17, 15) is 32.3 Å². The van der Waals surface area contributed by atoms with Gasteiger partial charge in [-0.15, -0.1) is 0 Å². The lowest BCUT2D eigenvalue weighted by atomic mass is 9.85. The normalized spacial score (nSPS) is 23.5. The van der Waals surface area contributed by atoms with Crippen molar-refractivity contribution in [1.29, 1.82) is 0 Å². The third kappa shape index (κ3) is 5.13. The van der Waals surface area contributed by atoms with Crippen LogP contribution in [0.1, 0.15) is 46.2 Å². The first-order valence-corrected chi connectivity index (χ1v) is 12.4. The number of hydrogen-bond donors (Lipinski definition) is 3. The van der Waals surface area contributed by atoms with Crippen molar-refractivity contribution in [1.82, 2.24) is 25.7 Å². The molecule has 10 nitrogen and oxygen atoms in total. The average Bonchev–Trinajstić information content (AvgIpc) is 3.16. The van der Waals surface area contributed by atoms with Gasteiger partial charge in [-0.05, 0) is 28.7 Å². The number of halogens is 3. The summed E-state index contributed by atoms with van der Waals surface area (Å²) in [6, 6.07) is 2.89. The topological polar surface area (TPSA) is 147 Å². The molecule has 39 heavy (non-hydrogen) atoms. The summed E-state index contributed by atoms with van der Waals surface area (Å²) in [7, 11) is 0. The molecule has 1 aliphatic carbocycles. The maximum absolute atomic E-state index is 13.7. The number of nitrogens with one attached hydrogen (secondary N) is 2. The van der Waals surface area contributed by atoms with Gasteiger partial charge in [0, 0.05) is 17.5 Å². The van der Waals surface area contributed by atoms with E-state index in [4.69, 9.17) is 5.73 Å². The SMILES string of the molecule is CC(C)(C)[C@H](NC(=O)C(F)(F)F)C(=O)N1C[C@H]2[C@@H]([C@H]1C(=O)NC(C(N)=O)c1cnnc3ccccc13)C2(C)C. The zero-order valence-electron chi connectivity index (χ0n) is 22.2. The minimum absolute atomic E-state index is 0.0911. The number of amides is 4. The lowest BCUT2D eigenvalue weighted by Gasteiger charge is -2.38. The molecule has 2 aromatic rings. The van der Waals surface area contributed by atoms with Gasteiger partial charge in [-0.1, -0.05) is 52.8 Å². The monoisotopic (exact) mass is 548 g/mol. The van der Waals surface area contributed by atoms with Gasteiger partial charge in [0.2, 0.25) is 17.7 Å². The number of benzene rings is 1. The minimum Gasteiger partial charge on any atom is -0.368 e. The number of likely N-dealkylation sites (tertiary alicyclic amines) is 1. The van der Waals surface area contributed by atoms with Crippen molar-refractivity contribution in [2.45, 2.75) is 58.9 Å². The second-order valence-corrected chi connectivity index (χ2v) is 11.8. The molecule has 210 valence electrons. The van der Waals surface area contributed by atoms with Gasteiger partial charge in [-0.2, -0.15) is 23.4 Å². The van der Waals surface area contributed by atoms with Crippen molar-refractivity contribution < 1.29 is 32.3 Å².